The fraction of sp³-hybridized carbons (Fsp3) is 0.333. The normalized spacial score (nSPS) is 13.5. The summed E-state index contributed by atoms with van der Waals surface area (Å²) in [5.74, 6) is 1.26. The van der Waals surface area contributed by atoms with Crippen molar-refractivity contribution >= 4 is 11.6 Å². The van der Waals surface area contributed by atoms with Crippen LogP contribution < -0.4 is 10.4 Å². The predicted octanol–water partition coefficient (Wildman–Crippen LogP) is 4.09. The lowest BCUT2D eigenvalue weighted by molar-refractivity contribution is 0.302. The van der Waals surface area contributed by atoms with Gasteiger partial charge in [-0.2, -0.15) is 14.5 Å². The number of tetrazole rings is 1. The minimum Gasteiger partial charge on any atom is -0.489 e. The Kier molecular flexibility index (Phi) is 5.32. The summed E-state index contributed by atoms with van der Waals surface area (Å²) in [6.07, 6.45) is 2.29. The van der Waals surface area contributed by atoms with E-state index in [4.69, 9.17) is 16.3 Å². The van der Waals surface area contributed by atoms with Gasteiger partial charge < -0.3 is 4.74 Å². The van der Waals surface area contributed by atoms with E-state index in [0.717, 1.165) is 46.7 Å². The van der Waals surface area contributed by atoms with Gasteiger partial charge in [-0.15, -0.1) is 0 Å². The molecule has 0 spiro atoms. The summed E-state index contributed by atoms with van der Waals surface area (Å²) in [4.78, 5) is 12.5. The van der Waals surface area contributed by atoms with Gasteiger partial charge in [0.05, 0.1) is 16.4 Å². The molecular formula is C24H25ClN6O2. The number of hydrogen-bond acceptors (Lipinski definition) is 5. The highest BCUT2D eigenvalue weighted by atomic mass is 35.5. The van der Waals surface area contributed by atoms with Gasteiger partial charge in [-0.05, 0) is 78.4 Å². The van der Waals surface area contributed by atoms with Crippen LogP contribution in [0, 0.1) is 13.8 Å². The highest BCUT2D eigenvalue weighted by molar-refractivity contribution is 6.33. The zero-order valence-electron chi connectivity index (χ0n) is 19.0. The Hall–Kier alpha value is -3.39. The van der Waals surface area contributed by atoms with Crippen molar-refractivity contribution in [1.29, 1.82) is 0 Å². The topological polar surface area (TPSA) is 79.8 Å². The molecule has 0 amide bonds. The number of ether oxygens (including phenoxy) is 1. The molecule has 0 N–H and O–H groups in total. The third-order valence-electron chi connectivity index (χ3n) is 6.24. The Bertz CT molecular complexity index is 1410. The molecule has 5 rings (SSSR count). The first kappa shape index (κ1) is 21.5. The van der Waals surface area contributed by atoms with Crippen LogP contribution >= 0.6 is 11.6 Å². The van der Waals surface area contributed by atoms with Crippen LogP contribution in [0.5, 0.6) is 5.75 Å². The average molecular weight is 465 g/mol. The number of nitrogens with zero attached hydrogens (tertiary/aromatic N) is 6. The van der Waals surface area contributed by atoms with Crippen LogP contribution in [0.4, 0.5) is 0 Å². The summed E-state index contributed by atoms with van der Waals surface area (Å²) in [5, 5.41) is 13.1. The summed E-state index contributed by atoms with van der Waals surface area (Å²) in [6.45, 7) is 4.28. The standard InChI is InChI=1S/C24H25ClN6O2/c1-14-12-17(23-22(25)15(2)29(3)26-23)10-11-21(14)33-13-19-18(16-8-9-16)6-5-7-20(19)31-24(32)30(4)27-28-31/h5-7,10-12,16H,8-9,13H2,1-4H3. The Morgan fingerprint density at radius 1 is 1.09 bits per heavy atom. The van der Waals surface area contributed by atoms with Crippen molar-refractivity contribution in [2.75, 3.05) is 0 Å². The molecule has 0 unspecified atom stereocenters. The number of halogens is 1. The predicted molar refractivity (Wildman–Crippen MR) is 126 cm³/mol. The number of rotatable bonds is 6. The lowest BCUT2D eigenvalue weighted by Crippen LogP contribution is -2.23. The van der Waals surface area contributed by atoms with E-state index in [2.05, 4.69) is 21.6 Å². The second kappa shape index (κ2) is 8.19. The first-order valence-corrected chi connectivity index (χ1v) is 11.3. The number of hydrogen-bond donors (Lipinski definition) is 0. The lowest BCUT2D eigenvalue weighted by atomic mass is 10.0. The third kappa shape index (κ3) is 3.84. The molecule has 1 aliphatic rings. The highest BCUT2D eigenvalue weighted by Crippen LogP contribution is 2.43. The molecule has 1 saturated carbocycles. The van der Waals surface area contributed by atoms with Crippen LogP contribution in [-0.4, -0.2) is 29.6 Å². The van der Waals surface area contributed by atoms with Gasteiger partial charge in [0, 0.05) is 25.2 Å². The molecule has 0 atom stereocenters. The zero-order chi connectivity index (χ0) is 23.3. The molecule has 0 aliphatic heterocycles. The van der Waals surface area contributed by atoms with Crippen LogP contribution in [0.15, 0.2) is 41.2 Å². The van der Waals surface area contributed by atoms with Crippen molar-refractivity contribution in [3.05, 3.63) is 74.3 Å². The maximum Gasteiger partial charge on any atom is 0.368 e. The first-order chi connectivity index (χ1) is 15.8. The van der Waals surface area contributed by atoms with E-state index in [0.29, 0.717) is 23.2 Å². The second-order valence-electron chi connectivity index (χ2n) is 8.56. The van der Waals surface area contributed by atoms with Crippen LogP contribution in [-0.2, 0) is 20.7 Å². The number of benzene rings is 2. The van der Waals surface area contributed by atoms with E-state index in [1.165, 1.54) is 14.9 Å². The van der Waals surface area contributed by atoms with E-state index in [1.807, 2.05) is 51.2 Å². The molecule has 0 radical (unpaired) electrons. The highest BCUT2D eigenvalue weighted by Gasteiger charge is 2.28. The average Bonchev–Trinajstić information content (AvgIpc) is 3.56. The molecule has 1 fully saturated rings. The Labute approximate surface area is 196 Å². The van der Waals surface area contributed by atoms with E-state index in [9.17, 15) is 4.79 Å². The van der Waals surface area contributed by atoms with E-state index < -0.39 is 0 Å². The molecule has 33 heavy (non-hydrogen) atoms. The Morgan fingerprint density at radius 3 is 2.48 bits per heavy atom. The maximum atomic E-state index is 12.5. The minimum absolute atomic E-state index is 0.285. The molecule has 2 aromatic heterocycles. The van der Waals surface area contributed by atoms with E-state index in [1.54, 1.807) is 11.7 Å². The van der Waals surface area contributed by atoms with Crippen LogP contribution in [0.3, 0.4) is 0 Å². The van der Waals surface area contributed by atoms with Gasteiger partial charge in [-0.25, -0.2) is 4.79 Å². The van der Waals surface area contributed by atoms with Gasteiger partial charge in [0.25, 0.3) is 0 Å². The smallest absolute Gasteiger partial charge is 0.368 e. The first-order valence-electron chi connectivity index (χ1n) is 10.9. The second-order valence-corrected chi connectivity index (χ2v) is 8.93. The van der Waals surface area contributed by atoms with Crippen molar-refractivity contribution in [1.82, 2.24) is 29.6 Å². The Balaban J connectivity index is 1.47. The summed E-state index contributed by atoms with van der Waals surface area (Å²) in [7, 11) is 3.47. The zero-order valence-corrected chi connectivity index (χ0v) is 19.8. The number of aromatic nitrogens is 6. The van der Waals surface area contributed by atoms with Crippen molar-refractivity contribution in [2.45, 2.75) is 39.2 Å². The molecule has 4 aromatic rings. The van der Waals surface area contributed by atoms with E-state index >= 15 is 0 Å². The van der Waals surface area contributed by atoms with Crippen molar-refractivity contribution in [3.8, 4) is 22.7 Å². The number of aryl methyl sites for hydroxylation is 3. The van der Waals surface area contributed by atoms with E-state index in [-0.39, 0.29) is 5.69 Å². The summed E-state index contributed by atoms with van der Waals surface area (Å²) in [6, 6.07) is 11.9. The SMILES string of the molecule is Cc1cc(-c2nn(C)c(C)c2Cl)ccc1OCc1c(C2CC2)cccc1-n1nnn(C)c1=O. The fourth-order valence-electron chi connectivity index (χ4n) is 4.06. The molecule has 170 valence electrons. The van der Waals surface area contributed by atoms with Gasteiger partial charge in [-0.1, -0.05) is 23.7 Å². The Morgan fingerprint density at radius 2 is 1.88 bits per heavy atom. The van der Waals surface area contributed by atoms with Crippen LogP contribution in [0.2, 0.25) is 5.02 Å². The van der Waals surface area contributed by atoms with Crippen LogP contribution in [0.25, 0.3) is 16.9 Å². The quantitative estimate of drug-likeness (QED) is 0.429. The lowest BCUT2D eigenvalue weighted by Gasteiger charge is -2.16. The van der Waals surface area contributed by atoms with Crippen molar-refractivity contribution in [2.24, 2.45) is 14.1 Å². The molecule has 9 heteroatoms. The fourth-order valence-corrected chi connectivity index (χ4v) is 4.33. The molecule has 1 aliphatic carbocycles. The third-order valence-corrected chi connectivity index (χ3v) is 6.69. The summed E-state index contributed by atoms with van der Waals surface area (Å²) in [5.41, 5.74) is 6.20. The summed E-state index contributed by atoms with van der Waals surface area (Å²) < 4.78 is 10.6. The van der Waals surface area contributed by atoms with Gasteiger partial charge >= 0.3 is 5.69 Å². The van der Waals surface area contributed by atoms with Crippen LogP contribution in [0.1, 0.15) is 41.1 Å². The monoisotopic (exact) mass is 464 g/mol. The minimum atomic E-state index is -0.285. The molecule has 0 saturated heterocycles. The molecule has 2 heterocycles. The van der Waals surface area contributed by atoms with Gasteiger partial charge in [0.15, 0.2) is 0 Å². The maximum absolute atomic E-state index is 12.5. The van der Waals surface area contributed by atoms with Gasteiger partial charge in [-0.3, -0.25) is 4.68 Å². The van der Waals surface area contributed by atoms with Crippen molar-refractivity contribution in [3.63, 3.8) is 0 Å². The molecule has 8 nitrogen and oxygen atoms in total. The largest absolute Gasteiger partial charge is 0.489 e. The summed E-state index contributed by atoms with van der Waals surface area (Å²) >= 11 is 6.47. The van der Waals surface area contributed by atoms with Crippen molar-refractivity contribution < 1.29 is 4.74 Å². The molecular weight excluding hydrogens is 440 g/mol. The van der Waals surface area contributed by atoms with Gasteiger partial charge in [0.1, 0.15) is 18.1 Å². The van der Waals surface area contributed by atoms with Gasteiger partial charge in [0.2, 0.25) is 0 Å². The molecule has 2 aromatic carbocycles. The molecule has 0 bridgehead atoms.